The molecule has 1 aliphatic heterocycles. The number of carbonyl (C=O) groups is 1. The Morgan fingerprint density at radius 1 is 1.44 bits per heavy atom. The monoisotopic (exact) mass is 246 g/mol. The highest BCUT2D eigenvalue weighted by molar-refractivity contribution is 5.73. The number of esters is 1. The van der Waals surface area contributed by atoms with Gasteiger partial charge in [-0.05, 0) is 24.1 Å². The summed E-state index contributed by atoms with van der Waals surface area (Å²) in [5, 5.41) is 6.55. The van der Waals surface area contributed by atoms with Crippen LogP contribution in [0.2, 0.25) is 0 Å². The quantitative estimate of drug-likeness (QED) is 0.828. The number of H-pyrrole nitrogens is 1. The molecule has 2 heterocycles. The van der Waals surface area contributed by atoms with E-state index in [4.69, 9.17) is 4.74 Å². The predicted octanol–water partition coefficient (Wildman–Crippen LogP) is 2.59. The molecule has 0 radical (unpaired) electrons. The van der Waals surface area contributed by atoms with Gasteiger partial charge in [0.2, 0.25) is 0 Å². The van der Waals surface area contributed by atoms with Crippen LogP contribution in [0, 0.1) is 5.82 Å². The van der Waals surface area contributed by atoms with Gasteiger partial charge in [0, 0.05) is 23.7 Å². The molecule has 0 aliphatic carbocycles. The van der Waals surface area contributed by atoms with Crippen LogP contribution in [-0.2, 0) is 9.53 Å². The van der Waals surface area contributed by atoms with Crippen molar-refractivity contribution in [3.63, 3.8) is 0 Å². The largest absolute Gasteiger partial charge is 0.457 e. The number of rotatable bonds is 2. The van der Waals surface area contributed by atoms with Crippen LogP contribution in [0.15, 0.2) is 30.6 Å². The number of hydrogen-bond donors (Lipinski definition) is 1. The first-order valence-corrected chi connectivity index (χ1v) is 5.72. The minimum atomic E-state index is -0.320. The van der Waals surface area contributed by atoms with E-state index < -0.39 is 0 Å². The number of cyclic esters (lactones) is 1. The van der Waals surface area contributed by atoms with E-state index in [0.717, 1.165) is 11.1 Å². The minimum Gasteiger partial charge on any atom is -0.457 e. The average Bonchev–Trinajstić information content (AvgIpc) is 2.99. The first kappa shape index (κ1) is 11.0. The van der Waals surface area contributed by atoms with Crippen LogP contribution in [-0.4, -0.2) is 16.2 Å². The van der Waals surface area contributed by atoms with Gasteiger partial charge < -0.3 is 4.74 Å². The van der Waals surface area contributed by atoms with Crippen molar-refractivity contribution in [1.29, 1.82) is 0 Å². The lowest BCUT2D eigenvalue weighted by Crippen LogP contribution is -2.01. The van der Waals surface area contributed by atoms with Gasteiger partial charge >= 0.3 is 5.97 Å². The number of aromatic nitrogens is 2. The third-order valence-corrected chi connectivity index (χ3v) is 3.06. The number of ether oxygens (including phenoxy) is 1. The van der Waals surface area contributed by atoms with Gasteiger partial charge in [-0.15, -0.1) is 0 Å². The van der Waals surface area contributed by atoms with Gasteiger partial charge in [0.05, 0.1) is 6.20 Å². The Morgan fingerprint density at radius 3 is 3.00 bits per heavy atom. The Hall–Kier alpha value is -2.17. The summed E-state index contributed by atoms with van der Waals surface area (Å²) < 4.78 is 18.6. The van der Waals surface area contributed by atoms with Gasteiger partial charge in [-0.3, -0.25) is 9.89 Å². The van der Waals surface area contributed by atoms with E-state index in [1.165, 1.54) is 12.1 Å². The van der Waals surface area contributed by atoms with Crippen molar-refractivity contribution < 1.29 is 13.9 Å². The van der Waals surface area contributed by atoms with Crippen LogP contribution >= 0.6 is 0 Å². The number of hydrogen-bond acceptors (Lipinski definition) is 3. The Bertz CT molecular complexity index is 581. The first-order valence-electron chi connectivity index (χ1n) is 5.72. The maximum atomic E-state index is 13.4. The van der Waals surface area contributed by atoms with Gasteiger partial charge in [0.1, 0.15) is 11.9 Å². The number of nitrogens with zero attached hydrogens (tertiary/aromatic N) is 1. The molecule has 1 aromatic heterocycles. The van der Waals surface area contributed by atoms with Gasteiger partial charge in [-0.1, -0.05) is 6.07 Å². The molecule has 0 amide bonds. The fourth-order valence-electron chi connectivity index (χ4n) is 2.20. The molecule has 1 N–H and O–H groups in total. The second kappa shape index (κ2) is 4.25. The van der Waals surface area contributed by atoms with Crippen molar-refractivity contribution in [3.8, 4) is 11.1 Å². The highest BCUT2D eigenvalue weighted by atomic mass is 19.1. The van der Waals surface area contributed by atoms with Crippen LogP contribution in [0.4, 0.5) is 4.39 Å². The van der Waals surface area contributed by atoms with E-state index in [0.29, 0.717) is 18.4 Å². The molecule has 1 unspecified atom stereocenters. The smallest absolute Gasteiger partial charge is 0.306 e. The van der Waals surface area contributed by atoms with E-state index in [1.54, 1.807) is 18.5 Å². The standard InChI is InChI=1S/C13H11FN2O2/c14-9-1-2-10(12-3-4-13(17)18-12)11(5-9)8-6-15-16-7-8/h1-2,5-7,12H,3-4H2,(H,15,16). The molecular weight excluding hydrogens is 235 g/mol. The zero-order valence-electron chi connectivity index (χ0n) is 9.52. The summed E-state index contributed by atoms with van der Waals surface area (Å²) in [5.74, 6) is -0.526. The minimum absolute atomic E-state index is 0.206. The fraction of sp³-hybridized carbons (Fsp3) is 0.231. The maximum Gasteiger partial charge on any atom is 0.306 e. The maximum absolute atomic E-state index is 13.4. The van der Waals surface area contributed by atoms with Crippen LogP contribution < -0.4 is 0 Å². The van der Waals surface area contributed by atoms with Gasteiger partial charge in [0.15, 0.2) is 0 Å². The molecular formula is C13H11FN2O2. The van der Waals surface area contributed by atoms with Crippen molar-refractivity contribution in [2.75, 3.05) is 0 Å². The molecule has 18 heavy (non-hydrogen) atoms. The SMILES string of the molecule is O=C1CCC(c2ccc(F)cc2-c2cn[nH]c2)O1. The van der Waals surface area contributed by atoms with Crippen molar-refractivity contribution in [1.82, 2.24) is 10.2 Å². The van der Waals surface area contributed by atoms with E-state index in [9.17, 15) is 9.18 Å². The Kier molecular flexibility index (Phi) is 2.59. The molecule has 0 spiro atoms. The Labute approximate surface area is 103 Å². The fourth-order valence-corrected chi connectivity index (χ4v) is 2.20. The lowest BCUT2D eigenvalue weighted by Gasteiger charge is -2.14. The van der Waals surface area contributed by atoms with E-state index in [-0.39, 0.29) is 17.9 Å². The summed E-state index contributed by atoms with van der Waals surface area (Å²) in [7, 11) is 0. The van der Waals surface area contributed by atoms with Crippen LogP contribution in [0.5, 0.6) is 0 Å². The van der Waals surface area contributed by atoms with Gasteiger partial charge in [-0.2, -0.15) is 5.10 Å². The predicted molar refractivity (Wildman–Crippen MR) is 62.0 cm³/mol. The van der Waals surface area contributed by atoms with E-state index in [1.807, 2.05) is 0 Å². The molecule has 5 heteroatoms. The second-order valence-corrected chi connectivity index (χ2v) is 4.24. The van der Waals surface area contributed by atoms with Crippen molar-refractivity contribution >= 4 is 5.97 Å². The summed E-state index contributed by atoms with van der Waals surface area (Å²) in [6, 6.07) is 4.48. The zero-order valence-corrected chi connectivity index (χ0v) is 9.52. The van der Waals surface area contributed by atoms with Crippen molar-refractivity contribution in [2.45, 2.75) is 18.9 Å². The van der Waals surface area contributed by atoms with Crippen molar-refractivity contribution in [2.24, 2.45) is 0 Å². The Morgan fingerprint density at radius 2 is 2.33 bits per heavy atom. The molecule has 0 saturated carbocycles. The third kappa shape index (κ3) is 1.88. The number of halogens is 1. The summed E-state index contributed by atoms with van der Waals surface area (Å²) in [5.41, 5.74) is 2.32. The number of aromatic amines is 1. The van der Waals surface area contributed by atoms with Crippen molar-refractivity contribution in [3.05, 3.63) is 42.0 Å². The topological polar surface area (TPSA) is 55.0 Å². The molecule has 1 atom stereocenters. The average molecular weight is 246 g/mol. The zero-order chi connectivity index (χ0) is 12.5. The molecule has 2 aromatic rings. The summed E-state index contributed by atoms with van der Waals surface area (Å²) >= 11 is 0. The lowest BCUT2D eigenvalue weighted by molar-refractivity contribution is -0.141. The first-order chi connectivity index (χ1) is 8.74. The number of benzene rings is 1. The third-order valence-electron chi connectivity index (χ3n) is 3.06. The normalized spacial score (nSPS) is 18.9. The molecule has 1 aromatic carbocycles. The molecule has 4 nitrogen and oxygen atoms in total. The van der Waals surface area contributed by atoms with Gasteiger partial charge in [-0.25, -0.2) is 4.39 Å². The molecule has 92 valence electrons. The highest BCUT2D eigenvalue weighted by Crippen LogP contribution is 2.36. The number of nitrogens with one attached hydrogen (secondary N) is 1. The summed E-state index contributed by atoms with van der Waals surface area (Å²) in [4.78, 5) is 11.2. The summed E-state index contributed by atoms with van der Waals surface area (Å²) in [6.07, 6.45) is 4.06. The van der Waals surface area contributed by atoms with E-state index >= 15 is 0 Å². The van der Waals surface area contributed by atoms with Crippen LogP contribution in [0.25, 0.3) is 11.1 Å². The van der Waals surface area contributed by atoms with Gasteiger partial charge in [0.25, 0.3) is 0 Å². The molecule has 3 rings (SSSR count). The lowest BCUT2D eigenvalue weighted by atomic mass is 9.96. The second-order valence-electron chi connectivity index (χ2n) is 4.24. The number of carbonyl (C=O) groups excluding carboxylic acids is 1. The molecule has 1 saturated heterocycles. The Balaban J connectivity index is 2.06. The molecule has 1 aliphatic rings. The van der Waals surface area contributed by atoms with Crippen LogP contribution in [0.3, 0.4) is 0 Å². The van der Waals surface area contributed by atoms with Crippen LogP contribution in [0.1, 0.15) is 24.5 Å². The molecule has 1 fully saturated rings. The summed E-state index contributed by atoms with van der Waals surface area (Å²) in [6.45, 7) is 0. The van der Waals surface area contributed by atoms with E-state index in [2.05, 4.69) is 10.2 Å². The highest BCUT2D eigenvalue weighted by Gasteiger charge is 2.27. The molecule has 0 bridgehead atoms.